The number of hydrogen-bond donors (Lipinski definition) is 1. The van der Waals surface area contributed by atoms with Gasteiger partial charge in [-0.05, 0) is 32.4 Å². The summed E-state index contributed by atoms with van der Waals surface area (Å²) in [6.45, 7) is 5.42. The number of halogens is 1. The molecule has 0 amide bonds. The molecule has 0 aliphatic carbocycles. The first kappa shape index (κ1) is 13.5. The summed E-state index contributed by atoms with van der Waals surface area (Å²) in [5.74, 6) is -1.05. The van der Waals surface area contributed by atoms with Crippen LogP contribution < -0.4 is 5.48 Å². The fourth-order valence-corrected chi connectivity index (χ4v) is 1.60. The molecule has 0 radical (unpaired) electrons. The van der Waals surface area contributed by atoms with Gasteiger partial charge in [0.1, 0.15) is 5.56 Å². The maximum Gasteiger partial charge on any atom is 0.360 e. The van der Waals surface area contributed by atoms with E-state index in [2.05, 4.69) is 10.5 Å². The second kappa shape index (κ2) is 5.36. The first-order valence-corrected chi connectivity index (χ1v) is 6.14. The van der Waals surface area contributed by atoms with E-state index in [1.54, 1.807) is 19.1 Å². The third-order valence-corrected chi connectivity index (χ3v) is 2.94. The molecular weight excluding hydrogens is 249 g/mol. The molecule has 0 aliphatic heterocycles. The van der Waals surface area contributed by atoms with Crippen LogP contribution in [-0.4, -0.2) is 21.4 Å². The highest BCUT2D eigenvalue weighted by Gasteiger charge is 2.17. The summed E-state index contributed by atoms with van der Waals surface area (Å²) in [6.07, 6.45) is 2.35. The number of nitrogens with zero attached hydrogens (tertiary/aromatic N) is 2. The Morgan fingerprint density at radius 3 is 3.05 bits per heavy atom. The van der Waals surface area contributed by atoms with E-state index < -0.39 is 11.9 Å². The van der Waals surface area contributed by atoms with E-state index in [1.807, 2.05) is 13.8 Å². The van der Waals surface area contributed by atoms with Gasteiger partial charge < -0.3 is 4.84 Å². The number of carbonyl (C=O) groups is 1. The van der Waals surface area contributed by atoms with Crippen LogP contribution in [0, 0.1) is 12.9 Å². The zero-order valence-electron chi connectivity index (χ0n) is 11.1. The first-order valence-electron chi connectivity index (χ1n) is 6.14. The fraction of sp³-hybridized carbons (Fsp3) is 0.385. The van der Waals surface area contributed by atoms with E-state index >= 15 is 0 Å². The standard InChI is InChI=1S/C13H16FN3O2/c1-4-8(2)16-19-13(18)10-6-5-7-17-11(14)9(3)15-12(10)17/h5-8,16H,4H2,1-3H3/t8-/m0/s1. The molecular formula is C13H16FN3O2. The van der Waals surface area contributed by atoms with Crippen LogP contribution in [-0.2, 0) is 4.84 Å². The molecule has 6 heteroatoms. The molecule has 2 aromatic heterocycles. The number of rotatable bonds is 4. The Kier molecular flexibility index (Phi) is 3.80. The summed E-state index contributed by atoms with van der Waals surface area (Å²) in [7, 11) is 0. The van der Waals surface area contributed by atoms with Crippen LogP contribution in [0.5, 0.6) is 0 Å². The van der Waals surface area contributed by atoms with Crippen molar-refractivity contribution in [3.63, 3.8) is 0 Å². The van der Waals surface area contributed by atoms with E-state index in [4.69, 9.17) is 4.84 Å². The average molecular weight is 265 g/mol. The molecule has 2 aromatic rings. The lowest BCUT2D eigenvalue weighted by atomic mass is 10.3. The molecule has 1 atom stereocenters. The summed E-state index contributed by atoms with van der Waals surface area (Å²) < 4.78 is 14.9. The zero-order valence-corrected chi connectivity index (χ0v) is 11.1. The molecule has 1 N–H and O–H groups in total. The number of imidazole rings is 1. The monoisotopic (exact) mass is 265 g/mol. The van der Waals surface area contributed by atoms with Gasteiger partial charge in [-0.1, -0.05) is 6.92 Å². The van der Waals surface area contributed by atoms with Gasteiger partial charge in [-0.15, -0.1) is 0 Å². The Hall–Kier alpha value is -1.95. The van der Waals surface area contributed by atoms with Crippen LogP contribution >= 0.6 is 0 Å². The zero-order chi connectivity index (χ0) is 14.0. The Morgan fingerprint density at radius 1 is 1.63 bits per heavy atom. The van der Waals surface area contributed by atoms with Crippen LogP contribution in [0.2, 0.25) is 0 Å². The van der Waals surface area contributed by atoms with Crippen molar-refractivity contribution in [3.8, 4) is 0 Å². The van der Waals surface area contributed by atoms with Gasteiger partial charge in [0.15, 0.2) is 5.65 Å². The van der Waals surface area contributed by atoms with E-state index in [1.165, 1.54) is 10.6 Å². The van der Waals surface area contributed by atoms with Crippen molar-refractivity contribution in [1.29, 1.82) is 0 Å². The fourth-order valence-electron chi connectivity index (χ4n) is 1.60. The number of aryl methyl sites for hydroxylation is 1. The molecule has 19 heavy (non-hydrogen) atoms. The molecule has 0 saturated heterocycles. The third-order valence-electron chi connectivity index (χ3n) is 2.94. The maximum atomic E-state index is 13.7. The third kappa shape index (κ3) is 2.58. The maximum absolute atomic E-state index is 13.7. The highest BCUT2D eigenvalue weighted by atomic mass is 19.1. The Balaban J connectivity index is 2.30. The van der Waals surface area contributed by atoms with Gasteiger partial charge in [0.05, 0.1) is 5.69 Å². The Labute approximate surface area is 110 Å². The molecule has 0 unspecified atom stereocenters. The van der Waals surface area contributed by atoms with Gasteiger partial charge in [0, 0.05) is 12.2 Å². The summed E-state index contributed by atoms with van der Waals surface area (Å²) in [5, 5.41) is 0. The lowest BCUT2D eigenvalue weighted by Crippen LogP contribution is -2.28. The molecule has 0 saturated carbocycles. The van der Waals surface area contributed by atoms with E-state index in [0.717, 1.165) is 6.42 Å². The van der Waals surface area contributed by atoms with Gasteiger partial charge in [0.25, 0.3) is 0 Å². The average Bonchev–Trinajstić information content (AvgIpc) is 2.71. The van der Waals surface area contributed by atoms with Crippen LogP contribution in [0.3, 0.4) is 0 Å². The summed E-state index contributed by atoms with van der Waals surface area (Å²) in [4.78, 5) is 21.0. The van der Waals surface area contributed by atoms with Crippen molar-refractivity contribution in [2.45, 2.75) is 33.2 Å². The quantitative estimate of drug-likeness (QED) is 0.861. The summed E-state index contributed by atoms with van der Waals surface area (Å²) >= 11 is 0. The van der Waals surface area contributed by atoms with Gasteiger partial charge in [-0.2, -0.15) is 9.87 Å². The Bertz CT molecular complexity index is 609. The van der Waals surface area contributed by atoms with Crippen molar-refractivity contribution < 1.29 is 14.0 Å². The second-order valence-corrected chi connectivity index (χ2v) is 4.42. The molecule has 0 aromatic carbocycles. The molecule has 0 spiro atoms. The molecule has 0 bridgehead atoms. The largest absolute Gasteiger partial charge is 0.366 e. The van der Waals surface area contributed by atoms with Crippen molar-refractivity contribution in [3.05, 3.63) is 35.5 Å². The number of nitrogens with one attached hydrogen (secondary N) is 1. The minimum atomic E-state index is -0.573. The number of carbonyl (C=O) groups excluding carboxylic acids is 1. The minimum absolute atomic E-state index is 0.0573. The normalized spacial score (nSPS) is 12.6. The van der Waals surface area contributed by atoms with E-state index in [0.29, 0.717) is 0 Å². The Morgan fingerprint density at radius 2 is 2.37 bits per heavy atom. The van der Waals surface area contributed by atoms with Crippen molar-refractivity contribution >= 4 is 11.6 Å². The van der Waals surface area contributed by atoms with Crippen LogP contribution in [0.1, 0.15) is 36.3 Å². The molecule has 2 rings (SSSR count). The lowest BCUT2D eigenvalue weighted by Gasteiger charge is -2.11. The van der Waals surface area contributed by atoms with Gasteiger partial charge in [0.2, 0.25) is 5.95 Å². The van der Waals surface area contributed by atoms with Gasteiger partial charge in [-0.25, -0.2) is 9.78 Å². The highest BCUT2D eigenvalue weighted by Crippen LogP contribution is 2.15. The number of hydroxylamine groups is 1. The van der Waals surface area contributed by atoms with Crippen molar-refractivity contribution in [2.75, 3.05) is 0 Å². The predicted octanol–water partition coefficient (Wildman–Crippen LogP) is 2.24. The predicted molar refractivity (Wildman–Crippen MR) is 68.2 cm³/mol. The second-order valence-electron chi connectivity index (χ2n) is 4.42. The molecule has 102 valence electrons. The van der Waals surface area contributed by atoms with Crippen LogP contribution in [0.4, 0.5) is 4.39 Å². The van der Waals surface area contributed by atoms with E-state index in [-0.39, 0.29) is 22.9 Å². The first-order chi connectivity index (χ1) is 9.04. The van der Waals surface area contributed by atoms with Crippen molar-refractivity contribution in [2.24, 2.45) is 0 Å². The number of aromatic nitrogens is 2. The smallest absolute Gasteiger partial charge is 0.360 e. The molecule has 0 fully saturated rings. The SMILES string of the molecule is CC[C@H](C)NOC(=O)c1cccn2c(F)c(C)nc12. The van der Waals surface area contributed by atoms with Crippen LogP contribution in [0.25, 0.3) is 5.65 Å². The number of hydrogen-bond acceptors (Lipinski definition) is 4. The van der Waals surface area contributed by atoms with Crippen LogP contribution in [0.15, 0.2) is 18.3 Å². The van der Waals surface area contributed by atoms with Gasteiger partial charge in [-0.3, -0.25) is 4.40 Å². The molecule has 5 nitrogen and oxygen atoms in total. The summed E-state index contributed by atoms with van der Waals surface area (Å²) in [6, 6.07) is 3.20. The molecule has 2 heterocycles. The highest BCUT2D eigenvalue weighted by molar-refractivity contribution is 5.95. The number of fused-ring (bicyclic) bond motifs is 1. The van der Waals surface area contributed by atoms with Crippen molar-refractivity contribution in [1.82, 2.24) is 14.9 Å². The molecule has 0 aliphatic rings. The van der Waals surface area contributed by atoms with Gasteiger partial charge >= 0.3 is 5.97 Å². The topological polar surface area (TPSA) is 55.6 Å². The van der Waals surface area contributed by atoms with E-state index in [9.17, 15) is 9.18 Å². The number of pyridine rings is 1. The summed E-state index contributed by atoms with van der Waals surface area (Å²) in [5.41, 5.74) is 3.37. The minimum Gasteiger partial charge on any atom is -0.366 e. The lowest BCUT2D eigenvalue weighted by molar-refractivity contribution is 0.0169.